The monoisotopic (exact) mass is 291 g/mol. The van der Waals surface area contributed by atoms with E-state index in [0.29, 0.717) is 0 Å². The van der Waals surface area contributed by atoms with Crippen molar-refractivity contribution in [3.63, 3.8) is 0 Å². The first-order valence-corrected chi connectivity index (χ1v) is 6.10. The lowest BCUT2D eigenvalue weighted by atomic mass is 9.96. The van der Waals surface area contributed by atoms with E-state index < -0.39 is 41.9 Å². The van der Waals surface area contributed by atoms with E-state index in [1.165, 1.54) is 11.8 Å². The van der Waals surface area contributed by atoms with Gasteiger partial charge in [0.2, 0.25) is 5.56 Å². The van der Waals surface area contributed by atoms with Gasteiger partial charge in [0.1, 0.15) is 0 Å². The average molecular weight is 291 g/mol. The third-order valence-corrected chi connectivity index (χ3v) is 3.27. The Kier molecular flexibility index (Phi) is 4.78. The van der Waals surface area contributed by atoms with Gasteiger partial charge in [0.25, 0.3) is 0 Å². The zero-order valence-electron chi connectivity index (χ0n) is 9.98. The van der Waals surface area contributed by atoms with Crippen LogP contribution in [0.4, 0.5) is 0 Å². The summed E-state index contributed by atoms with van der Waals surface area (Å²) in [6.45, 7) is 0. The molecule has 0 spiro atoms. The van der Waals surface area contributed by atoms with Gasteiger partial charge in [0.15, 0.2) is 5.60 Å². The highest BCUT2D eigenvalue weighted by atomic mass is 32.2. The number of carboxylic acids is 2. The van der Waals surface area contributed by atoms with E-state index in [1.54, 1.807) is 23.6 Å². The highest BCUT2D eigenvalue weighted by molar-refractivity contribution is 8.02. The van der Waals surface area contributed by atoms with Crippen LogP contribution in [0.25, 0.3) is 0 Å². The van der Waals surface area contributed by atoms with Crippen LogP contribution in [-0.4, -0.2) is 56.3 Å². The lowest BCUT2D eigenvalue weighted by molar-refractivity contribution is -0.173. The number of rotatable bonds is 6. The van der Waals surface area contributed by atoms with Crippen LogP contribution in [0.5, 0.6) is 0 Å². The largest absolute Gasteiger partial charge is 0.481 e. The number of ether oxygens (including phenoxy) is 1. The molecule has 0 fully saturated rings. The molecule has 3 N–H and O–H groups in total. The quantitative estimate of drug-likeness (QED) is 0.563. The van der Waals surface area contributed by atoms with Crippen molar-refractivity contribution in [1.29, 1.82) is 0 Å². The molecule has 19 heavy (non-hydrogen) atoms. The second kappa shape index (κ2) is 5.93. The normalized spacial score (nSPS) is 20.9. The van der Waals surface area contributed by atoms with E-state index in [-0.39, 0.29) is 0 Å². The summed E-state index contributed by atoms with van der Waals surface area (Å²) < 4.78 is 4.92. The van der Waals surface area contributed by atoms with Gasteiger partial charge < -0.3 is 25.0 Å². The molecular weight excluding hydrogens is 278 g/mol. The molecule has 0 aromatic rings. The second-order valence-electron chi connectivity index (χ2n) is 3.97. The van der Waals surface area contributed by atoms with Crippen LogP contribution >= 0.6 is 11.8 Å². The zero-order valence-corrected chi connectivity index (χ0v) is 10.8. The highest BCUT2D eigenvalue weighted by Crippen LogP contribution is 2.26. The number of esters is 1. The van der Waals surface area contributed by atoms with Gasteiger partial charge in [-0.2, -0.15) is 0 Å². The van der Waals surface area contributed by atoms with Gasteiger partial charge in [-0.25, -0.2) is 4.79 Å². The molecule has 0 aliphatic carbocycles. The molecule has 8 nitrogen and oxygen atoms in total. The van der Waals surface area contributed by atoms with Gasteiger partial charge >= 0.3 is 17.9 Å². The summed E-state index contributed by atoms with van der Waals surface area (Å²) in [6.07, 6.45) is -0.355. The van der Waals surface area contributed by atoms with E-state index >= 15 is 0 Å². The molecule has 0 amide bonds. The van der Waals surface area contributed by atoms with Gasteiger partial charge in [-0.15, -0.1) is 0 Å². The molecular formula is C10H13NO7S. The Hall–Kier alpha value is -1.74. The Morgan fingerprint density at radius 1 is 1.37 bits per heavy atom. The van der Waals surface area contributed by atoms with Crippen molar-refractivity contribution in [2.24, 2.45) is 0 Å². The highest BCUT2D eigenvalue weighted by Gasteiger charge is 2.42. The number of carbonyl (C=O) groups excluding carboxylic acids is 1. The maximum absolute atomic E-state index is 11.5. The number of carbonyl (C=O) groups is 3. The molecule has 1 heterocycles. The molecule has 106 valence electrons. The van der Waals surface area contributed by atoms with E-state index in [9.17, 15) is 19.5 Å². The predicted octanol–water partition coefficient (Wildman–Crippen LogP) is -0.357. The van der Waals surface area contributed by atoms with E-state index in [4.69, 9.17) is 14.9 Å². The average Bonchev–Trinajstić information content (AvgIpc) is 2.62. The van der Waals surface area contributed by atoms with Crippen LogP contribution in [0.2, 0.25) is 0 Å². The lowest BCUT2D eigenvalue weighted by Gasteiger charge is -2.23. The molecule has 2 unspecified atom stereocenters. The Labute approximate surface area is 112 Å². The van der Waals surface area contributed by atoms with Gasteiger partial charge in [0.05, 0.1) is 12.8 Å². The fourth-order valence-electron chi connectivity index (χ4n) is 1.33. The number of nitrogens with zero attached hydrogens (tertiary/aromatic N) is 1. The molecule has 0 radical (unpaired) electrons. The molecule has 2 atom stereocenters. The Morgan fingerprint density at radius 2 is 2.00 bits per heavy atom. The summed E-state index contributed by atoms with van der Waals surface area (Å²) in [6, 6.07) is 0. The maximum Gasteiger partial charge on any atom is 0.336 e. The first kappa shape index (κ1) is 15.3. The third-order valence-electron chi connectivity index (χ3n) is 2.33. The topological polar surface area (TPSA) is 124 Å². The summed E-state index contributed by atoms with van der Waals surface area (Å²) in [4.78, 5) is 34.5. The molecule has 0 saturated carbocycles. The van der Waals surface area contributed by atoms with Crippen LogP contribution in [-0.2, 0) is 19.1 Å². The van der Waals surface area contributed by atoms with Crippen LogP contribution < -0.4 is 0 Å². The summed E-state index contributed by atoms with van der Waals surface area (Å²) in [5, 5.41) is 28.7. The minimum atomic E-state index is -2.67. The number of hydrogen-bond donors (Lipinski definition) is 3. The molecule has 0 bridgehead atoms. The summed E-state index contributed by atoms with van der Waals surface area (Å²) in [5.41, 5.74) is -3.31. The van der Waals surface area contributed by atoms with Crippen molar-refractivity contribution in [3.05, 3.63) is 11.6 Å². The van der Waals surface area contributed by atoms with Crippen molar-refractivity contribution in [2.75, 3.05) is 7.05 Å². The fraction of sp³-hybridized carbons (Fsp3) is 0.500. The van der Waals surface area contributed by atoms with Crippen LogP contribution in [0.1, 0.15) is 12.8 Å². The zero-order chi connectivity index (χ0) is 14.6. The predicted molar refractivity (Wildman–Crippen MR) is 63.8 cm³/mol. The summed E-state index contributed by atoms with van der Waals surface area (Å²) >= 11 is 1.18. The Balaban J connectivity index is 2.61. The smallest absolute Gasteiger partial charge is 0.336 e. The van der Waals surface area contributed by atoms with Crippen molar-refractivity contribution in [1.82, 2.24) is 4.90 Å². The van der Waals surface area contributed by atoms with E-state index in [2.05, 4.69) is 0 Å². The third kappa shape index (κ3) is 4.14. The maximum atomic E-state index is 11.5. The number of carboxylic acid groups (broad SMARTS) is 2. The fourth-order valence-corrected chi connectivity index (χ4v) is 2.15. The summed E-state index contributed by atoms with van der Waals surface area (Å²) in [7, 11) is 1.65. The van der Waals surface area contributed by atoms with Gasteiger partial charge in [-0.3, -0.25) is 9.59 Å². The SMILES string of the molecule is CN1C=CSC1OC(=O)CC(O)(CC(=O)O)C(=O)O. The standard InChI is InChI=1S/C10H13NO7S/c1-11-2-3-19-9(11)18-7(14)5-10(17,8(15)16)4-6(12)13/h2-3,9,17H,4-5H2,1H3,(H,12,13)(H,15,16). The number of aliphatic hydroxyl groups is 1. The minimum absolute atomic E-state index is 0.643. The number of thioether (sulfide) groups is 1. The Bertz CT molecular complexity index is 424. The molecule has 0 saturated heterocycles. The molecule has 0 aromatic carbocycles. The summed E-state index contributed by atoms with van der Waals surface area (Å²) in [5.74, 6) is -4.29. The molecule has 1 aliphatic heterocycles. The first-order chi connectivity index (χ1) is 8.74. The van der Waals surface area contributed by atoms with Crippen LogP contribution in [0.15, 0.2) is 11.6 Å². The van der Waals surface area contributed by atoms with Crippen LogP contribution in [0, 0.1) is 0 Å². The molecule has 1 aliphatic rings. The van der Waals surface area contributed by atoms with E-state index in [0.717, 1.165) is 0 Å². The van der Waals surface area contributed by atoms with Crippen molar-refractivity contribution in [2.45, 2.75) is 24.0 Å². The molecule has 9 heteroatoms. The van der Waals surface area contributed by atoms with Crippen molar-refractivity contribution in [3.8, 4) is 0 Å². The van der Waals surface area contributed by atoms with Gasteiger partial charge in [0, 0.05) is 13.2 Å². The lowest BCUT2D eigenvalue weighted by Crippen LogP contribution is -2.43. The van der Waals surface area contributed by atoms with Crippen LogP contribution in [0.3, 0.4) is 0 Å². The van der Waals surface area contributed by atoms with Gasteiger partial charge in [-0.1, -0.05) is 11.8 Å². The number of hydrogen-bond acceptors (Lipinski definition) is 7. The molecule has 0 aromatic heterocycles. The van der Waals surface area contributed by atoms with Crippen molar-refractivity contribution >= 4 is 29.7 Å². The molecule has 1 rings (SSSR count). The second-order valence-corrected chi connectivity index (χ2v) is 4.92. The van der Waals surface area contributed by atoms with E-state index in [1.807, 2.05) is 0 Å². The minimum Gasteiger partial charge on any atom is -0.481 e. The van der Waals surface area contributed by atoms with Crippen molar-refractivity contribution < 1.29 is 34.4 Å². The first-order valence-electron chi connectivity index (χ1n) is 5.16. The number of aliphatic carboxylic acids is 2. The van der Waals surface area contributed by atoms with Gasteiger partial charge in [-0.05, 0) is 5.41 Å². The Morgan fingerprint density at radius 3 is 2.42 bits per heavy atom.